The summed E-state index contributed by atoms with van der Waals surface area (Å²) in [6.07, 6.45) is 0. The van der Waals surface area contributed by atoms with E-state index in [1.165, 1.54) is 17.3 Å². The summed E-state index contributed by atoms with van der Waals surface area (Å²) >= 11 is 1.33. The van der Waals surface area contributed by atoms with E-state index in [0.717, 1.165) is 50.5 Å². The fourth-order valence-corrected chi connectivity index (χ4v) is 4.13. The van der Waals surface area contributed by atoms with Gasteiger partial charge in [0.25, 0.3) is 0 Å². The molecule has 31 heavy (non-hydrogen) atoms. The third kappa shape index (κ3) is 8.73. The van der Waals surface area contributed by atoms with Crippen LogP contribution < -0.4 is 10.6 Å². The molecule has 0 spiro atoms. The van der Waals surface area contributed by atoms with E-state index in [2.05, 4.69) is 50.8 Å². The molecule has 2 aromatic carbocycles. The van der Waals surface area contributed by atoms with Crippen LogP contribution in [0.4, 0.5) is 5.69 Å². The Balaban J connectivity index is 1.22. The molecule has 0 unspecified atom stereocenters. The Hall–Kier alpha value is -2.35. The van der Waals surface area contributed by atoms with E-state index in [0.29, 0.717) is 12.3 Å². The number of benzene rings is 2. The lowest BCUT2D eigenvalue weighted by molar-refractivity contribution is -0.118. The number of piperazine rings is 1. The monoisotopic (exact) mass is 440 g/mol. The van der Waals surface area contributed by atoms with Gasteiger partial charge in [-0.3, -0.25) is 19.4 Å². The molecule has 1 fully saturated rings. The first-order chi connectivity index (χ1) is 15.1. The smallest absolute Gasteiger partial charge is 0.234 e. The summed E-state index contributed by atoms with van der Waals surface area (Å²) < 4.78 is 0. The van der Waals surface area contributed by atoms with Gasteiger partial charge in [-0.15, -0.1) is 11.8 Å². The second kappa shape index (κ2) is 12.5. The SMILES string of the molecule is Cc1ccc(NC(=O)CSCC(=O)NCCN2CCN(Cc3ccccc3)CC2)cc1. The fraction of sp³-hybridized carbons (Fsp3) is 0.417. The lowest BCUT2D eigenvalue weighted by atomic mass is 10.2. The van der Waals surface area contributed by atoms with Crippen molar-refractivity contribution in [3.05, 3.63) is 65.7 Å². The van der Waals surface area contributed by atoms with Gasteiger partial charge in [-0.2, -0.15) is 0 Å². The molecule has 2 N–H and O–H groups in total. The Kier molecular flexibility index (Phi) is 9.39. The predicted molar refractivity (Wildman–Crippen MR) is 128 cm³/mol. The molecule has 2 aromatic rings. The molecule has 6 nitrogen and oxygen atoms in total. The number of carbonyl (C=O) groups excluding carboxylic acids is 2. The van der Waals surface area contributed by atoms with Crippen LogP contribution in [0.2, 0.25) is 0 Å². The Bertz CT molecular complexity index is 821. The van der Waals surface area contributed by atoms with Gasteiger partial charge in [0.2, 0.25) is 11.8 Å². The summed E-state index contributed by atoms with van der Waals surface area (Å²) in [7, 11) is 0. The number of carbonyl (C=O) groups is 2. The van der Waals surface area contributed by atoms with Crippen molar-refractivity contribution in [2.75, 3.05) is 56.1 Å². The minimum absolute atomic E-state index is 0.0177. The predicted octanol–water partition coefficient (Wildman–Crippen LogP) is 2.60. The Labute approximate surface area is 189 Å². The third-order valence-corrected chi connectivity index (χ3v) is 6.20. The summed E-state index contributed by atoms with van der Waals surface area (Å²) in [5, 5.41) is 5.81. The lowest BCUT2D eigenvalue weighted by Crippen LogP contribution is -2.48. The second-order valence-electron chi connectivity index (χ2n) is 7.86. The standard InChI is InChI=1S/C24H32N4O2S/c1-20-7-9-22(10-8-20)26-24(30)19-31-18-23(29)25-11-12-27-13-15-28(16-14-27)17-21-5-3-2-4-6-21/h2-10H,11-19H2,1H3,(H,25,29)(H,26,30). The first kappa shape index (κ1) is 23.3. The number of aryl methyl sites for hydroxylation is 1. The van der Waals surface area contributed by atoms with Crippen LogP contribution in [0.3, 0.4) is 0 Å². The summed E-state index contributed by atoms with van der Waals surface area (Å²) in [6.45, 7) is 8.67. The number of thioether (sulfide) groups is 1. The number of nitrogens with one attached hydrogen (secondary N) is 2. The van der Waals surface area contributed by atoms with E-state index in [-0.39, 0.29) is 17.6 Å². The van der Waals surface area contributed by atoms with Crippen molar-refractivity contribution >= 4 is 29.3 Å². The van der Waals surface area contributed by atoms with Crippen molar-refractivity contribution in [3.63, 3.8) is 0 Å². The van der Waals surface area contributed by atoms with Crippen LogP contribution in [-0.2, 0) is 16.1 Å². The highest BCUT2D eigenvalue weighted by Gasteiger charge is 2.16. The maximum atomic E-state index is 12.0. The number of hydrogen-bond acceptors (Lipinski definition) is 5. The van der Waals surface area contributed by atoms with E-state index < -0.39 is 0 Å². The van der Waals surface area contributed by atoms with Gasteiger partial charge in [-0.25, -0.2) is 0 Å². The van der Waals surface area contributed by atoms with Crippen LogP contribution in [-0.4, -0.2) is 72.4 Å². The molecule has 3 rings (SSSR count). The van der Waals surface area contributed by atoms with Gasteiger partial charge in [0.15, 0.2) is 0 Å². The van der Waals surface area contributed by atoms with Gasteiger partial charge in [-0.1, -0.05) is 48.0 Å². The van der Waals surface area contributed by atoms with Crippen molar-refractivity contribution in [1.82, 2.24) is 15.1 Å². The van der Waals surface area contributed by atoms with E-state index in [1.54, 1.807) is 0 Å². The summed E-state index contributed by atoms with van der Waals surface area (Å²) in [4.78, 5) is 28.9. The first-order valence-electron chi connectivity index (χ1n) is 10.8. The average molecular weight is 441 g/mol. The molecule has 7 heteroatoms. The van der Waals surface area contributed by atoms with E-state index in [4.69, 9.17) is 0 Å². The Morgan fingerprint density at radius 3 is 2.23 bits per heavy atom. The van der Waals surface area contributed by atoms with Gasteiger partial charge in [0, 0.05) is 51.5 Å². The average Bonchev–Trinajstić information content (AvgIpc) is 2.77. The maximum Gasteiger partial charge on any atom is 0.234 e. The molecule has 1 aliphatic rings. The molecule has 166 valence electrons. The summed E-state index contributed by atoms with van der Waals surface area (Å²) in [5.41, 5.74) is 3.29. The molecular formula is C24H32N4O2S. The van der Waals surface area contributed by atoms with Crippen LogP contribution in [0.1, 0.15) is 11.1 Å². The molecular weight excluding hydrogens is 408 g/mol. The highest BCUT2D eigenvalue weighted by Crippen LogP contribution is 2.10. The van der Waals surface area contributed by atoms with Gasteiger partial charge < -0.3 is 10.6 Å². The summed E-state index contributed by atoms with van der Waals surface area (Å²) in [5.74, 6) is 0.461. The van der Waals surface area contributed by atoms with E-state index >= 15 is 0 Å². The van der Waals surface area contributed by atoms with Crippen molar-refractivity contribution in [2.45, 2.75) is 13.5 Å². The van der Waals surface area contributed by atoms with E-state index in [9.17, 15) is 9.59 Å². The van der Waals surface area contributed by atoms with Gasteiger partial charge in [0.1, 0.15) is 0 Å². The van der Waals surface area contributed by atoms with Gasteiger partial charge in [-0.05, 0) is 24.6 Å². The molecule has 1 saturated heterocycles. The second-order valence-corrected chi connectivity index (χ2v) is 8.85. The highest BCUT2D eigenvalue weighted by atomic mass is 32.2. The molecule has 2 amide bonds. The molecule has 0 bridgehead atoms. The zero-order valence-corrected chi connectivity index (χ0v) is 19.0. The minimum atomic E-state index is -0.0879. The van der Waals surface area contributed by atoms with Crippen molar-refractivity contribution in [2.24, 2.45) is 0 Å². The van der Waals surface area contributed by atoms with Crippen molar-refractivity contribution < 1.29 is 9.59 Å². The van der Waals surface area contributed by atoms with Gasteiger partial charge in [0.05, 0.1) is 11.5 Å². The molecule has 1 heterocycles. The maximum absolute atomic E-state index is 12.0. The largest absolute Gasteiger partial charge is 0.354 e. The molecule has 0 saturated carbocycles. The number of hydrogen-bond donors (Lipinski definition) is 2. The third-order valence-electron chi connectivity index (χ3n) is 5.27. The molecule has 0 radical (unpaired) electrons. The van der Waals surface area contributed by atoms with Crippen LogP contribution in [0.15, 0.2) is 54.6 Å². The molecule has 1 aliphatic heterocycles. The zero-order chi connectivity index (χ0) is 21.9. The quantitative estimate of drug-likeness (QED) is 0.595. The van der Waals surface area contributed by atoms with E-state index in [1.807, 2.05) is 31.2 Å². The topological polar surface area (TPSA) is 64.7 Å². The van der Waals surface area contributed by atoms with Crippen LogP contribution in [0, 0.1) is 6.92 Å². The first-order valence-corrected chi connectivity index (χ1v) is 11.9. The van der Waals surface area contributed by atoms with Crippen LogP contribution >= 0.6 is 11.8 Å². The number of rotatable bonds is 10. The normalized spacial score (nSPS) is 14.9. The number of anilines is 1. The van der Waals surface area contributed by atoms with Crippen molar-refractivity contribution in [1.29, 1.82) is 0 Å². The Morgan fingerprint density at radius 1 is 0.871 bits per heavy atom. The van der Waals surface area contributed by atoms with Gasteiger partial charge >= 0.3 is 0 Å². The Morgan fingerprint density at radius 2 is 1.52 bits per heavy atom. The fourth-order valence-electron chi connectivity index (χ4n) is 3.49. The van der Waals surface area contributed by atoms with Crippen LogP contribution in [0.25, 0.3) is 0 Å². The van der Waals surface area contributed by atoms with Crippen LogP contribution in [0.5, 0.6) is 0 Å². The molecule has 0 atom stereocenters. The minimum Gasteiger partial charge on any atom is -0.354 e. The van der Waals surface area contributed by atoms with Crippen molar-refractivity contribution in [3.8, 4) is 0 Å². The zero-order valence-electron chi connectivity index (χ0n) is 18.2. The molecule has 0 aromatic heterocycles. The number of amides is 2. The molecule has 0 aliphatic carbocycles. The summed E-state index contributed by atoms with van der Waals surface area (Å²) in [6, 6.07) is 18.2. The lowest BCUT2D eigenvalue weighted by Gasteiger charge is -2.34. The highest BCUT2D eigenvalue weighted by molar-refractivity contribution is 8.00. The number of nitrogens with zero attached hydrogens (tertiary/aromatic N) is 2.